The number of nitrogens with two attached hydrogens (primary N) is 1. The van der Waals surface area contributed by atoms with Crippen LogP contribution in [0.1, 0.15) is 35.5 Å². The Morgan fingerprint density at radius 1 is 1.40 bits per heavy atom. The zero-order valence-electron chi connectivity index (χ0n) is 12.0. The van der Waals surface area contributed by atoms with Crippen molar-refractivity contribution in [2.75, 3.05) is 0 Å². The predicted octanol–water partition coefficient (Wildman–Crippen LogP) is 4.18. The van der Waals surface area contributed by atoms with Gasteiger partial charge in [0.05, 0.1) is 16.4 Å². The first-order valence-corrected chi connectivity index (χ1v) is 7.84. The van der Waals surface area contributed by atoms with Gasteiger partial charge < -0.3 is 5.73 Å². The molecule has 5 heteroatoms. The van der Waals surface area contributed by atoms with Crippen molar-refractivity contribution in [2.45, 2.75) is 39.8 Å². The first kappa shape index (κ1) is 15.5. The zero-order chi connectivity index (χ0) is 14.9. The molecule has 0 aliphatic carbocycles. The Bertz CT molecular complexity index is 622. The molecule has 0 aliphatic heterocycles. The SMILES string of the molecule is CCn1nc(C)c(Cl)c1CC(N)c1ccc(Br)cc1C. The van der Waals surface area contributed by atoms with Crippen LogP contribution < -0.4 is 5.73 Å². The highest BCUT2D eigenvalue weighted by atomic mass is 79.9. The second kappa shape index (κ2) is 6.29. The smallest absolute Gasteiger partial charge is 0.0847 e. The van der Waals surface area contributed by atoms with Gasteiger partial charge in [-0.2, -0.15) is 5.10 Å². The van der Waals surface area contributed by atoms with E-state index in [2.05, 4.69) is 47.0 Å². The molecule has 20 heavy (non-hydrogen) atoms. The van der Waals surface area contributed by atoms with E-state index in [0.717, 1.165) is 33.0 Å². The first-order chi connectivity index (χ1) is 9.43. The normalized spacial score (nSPS) is 12.7. The lowest BCUT2D eigenvalue weighted by molar-refractivity contribution is 0.586. The van der Waals surface area contributed by atoms with Crippen LogP contribution in [0.5, 0.6) is 0 Å². The molecule has 0 saturated carbocycles. The summed E-state index contributed by atoms with van der Waals surface area (Å²) in [7, 11) is 0. The monoisotopic (exact) mass is 355 g/mol. The maximum Gasteiger partial charge on any atom is 0.0847 e. The Hall–Kier alpha value is -0.840. The maximum absolute atomic E-state index is 6.36. The van der Waals surface area contributed by atoms with E-state index in [9.17, 15) is 0 Å². The van der Waals surface area contributed by atoms with E-state index >= 15 is 0 Å². The summed E-state index contributed by atoms with van der Waals surface area (Å²) in [6.07, 6.45) is 0.690. The van der Waals surface area contributed by atoms with Gasteiger partial charge in [-0.15, -0.1) is 0 Å². The summed E-state index contributed by atoms with van der Waals surface area (Å²) in [5, 5.41) is 5.17. The van der Waals surface area contributed by atoms with Crippen LogP contribution in [0.4, 0.5) is 0 Å². The molecule has 1 atom stereocenters. The quantitative estimate of drug-likeness (QED) is 0.893. The van der Waals surface area contributed by atoms with Crippen LogP contribution in [0.2, 0.25) is 5.02 Å². The lowest BCUT2D eigenvalue weighted by Crippen LogP contribution is -2.17. The van der Waals surface area contributed by atoms with E-state index in [-0.39, 0.29) is 6.04 Å². The van der Waals surface area contributed by atoms with E-state index < -0.39 is 0 Å². The number of hydrogen-bond donors (Lipinski definition) is 1. The standard InChI is InChI=1S/C15H19BrClN3/c1-4-20-14(15(17)10(3)19-20)8-13(18)12-6-5-11(16)7-9(12)2/h5-7,13H,4,8,18H2,1-3H3. The van der Waals surface area contributed by atoms with Crippen molar-refractivity contribution in [1.82, 2.24) is 9.78 Å². The number of halogens is 2. The molecule has 3 nitrogen and oxygen atoms in total. The minimum Gasteiger partial charge on any atom is -0.324 e. The van der Waals surface area contributed by atoms with Crippen molar-refractivity contribution in [3.05, 3.63) is 50.2 Å². The van der Waals surface area contributed by atoms with Crippen molar-refractivity contribution in [1.29, 1.82) is 0 Å². The second-order valence-corrected chi connectivity index (χ2v) is 6.27. The fourth-order valence-electron chi connectivity index (χ4n) is 2.44. The van der Waals surface area contributed by atoms with Gasteiger partial charge in [0.2, 0.25) is 0 Å². The second-order valence-electron chi connectivity index (χ2n) is 4.97. The first-order valence-electron chi connectivity index (χ1n) is 6.67. The molecule has 0 amide bonds. The fraction of sp³-hybridized carbons (Fsp3) is 0.400. The van der Waals surface area contributed by atoms with Crippen LogP contribution in [0.15, 0.2) is 22.7 Å². The lowest BCUT2D eigenvalue weighted by atomic mass is 9.98. The van der Waals surface area contributed by atoms with Crippen LogP contribution in [-0.2, 0) is 13.0 Å². The topological polar surface area (TPSA) is 43.8 Å². The minimum absolute atomic E-state index is 0.0815. The van der Waals surface area contributed by atoms with E-state index in [1.165, 1.54) is 5.56 Å². The lowest BCUT2D eigenvalue weighted by Gasteiger charge is -2.16. The number of nitrogens with zero attached hydrogens (tertiary/aromatic N) is 2. The molecule has 0 radical (unpaired) electrons. The highest BCUT2D eigenvalue weighted by molar-refractivity contribution is 9.10. The maximum atomic E-state index is 6.36. The number of hydrogen-bond acceptors (Lipinski definition) is 2. The summed E-state index contributed by atoms with van der Waals surface area (Å²) in [5.74, 6) is 0. The number of aryl methyl sites for hydroxylation is 3. The van der Waals surface area contributed by atoms with Crippen molar-refractivity contribution in [2.24, 2.45) is 5.73 Å². The van der Waals surface area contributed by atoms with E-state index in [1.807, 2.05) is 17.7 Å². The van der Waals surface area contributed by atoms with Gasteiger partial charge in [0.15, 0.2) is 0 Å². The van der Waals surface area contributed by atoms with Crippen LogP contribution in [0, 0.1) is 13.8 Å². The van der Waals surface area contributed by atoms with Gasteiger partial charge in [-0.1, -0.05) is 33.6 Å². The molecule has 0 fully saturated rings. The van der Waals surface area contributed by atoms with Crippen LogP contribution in [0.25, 0.3) is 0 Å². The average Bonchev–Trinajstić information content (AvgIpc) is 2.66. The van der Waals surface area contributed by atoms with Gasteiger partial charge in [-0.05, 0) is 44.0 Å². The summed E-state index contributed by atoms with van der Waals surface area (Å²) in [5.41, 5.74) is 10.6. The van der Waals surface area contributed by atoms with E-state index in [1.54, 1.807) is 0 Å². The number of benzene rings is 1. The van der Waals surface area contributed by atoms with Crippen LogP contribution in [-0.4, -0.2) is 9.78 Å². The van der Waals surface area contributed by atoms with E-state index in [0.29, 0.717) is 6.42 Å². The third-order valence-corrected chi connectivity index (χ3v) is 4.48. The Balaban J connectivity index is 2.30. The molecule has 1 aromatic carbocycles. The van der Waals surface area contributed by atoms with Gasteiger partial charge >= 0.3 is 0 Å². The van der Waals surface area contributed by atoms with Crippen LogP contribution in [0.3, 0.4) is 0 Å². The van der Waals surface area contributed by atoms with Gasteiger partial charge in [-0.3, -0.25) is 4.68 Å². The van der Waals surface area contributed by atoms with Crippen LogP contribution >= 0.6 is 27.5 Å². The molecule has 2 N–H and O–H groups in total. The van der Waals surface area contributed by atoms with Gasteiger partial charge in [0, 0.05) is 23.5 Å². The molecule has 2 rings (SSSR count). The molecule has 0 saturated heterocycles. The average molecular weight is 357 g/mol. The molecule has 0 bridgehead atoms. The van der Waals surface area contributed by atoms with Crippen molar-refractivity contribution >= 4 is 27.5 Å². The summed E-state index contributed by atoms with van der Waals surface area (Å²) < 4.78 is 3.00. The Kier molecular flexibility index (Phi) is 4.89. The third-order valence-electron chi connectivity index (χ3n) is 3.50. The molecular formula is C15H19BrClN3. The Morgan fingerprint density at radius 3 is 2.70 bits per heavy atom. The summed E-state index contributed by atoms with van der Waals surface area (Å²) in [4.78, 5) is 0. The fourth-order valence-corrected chi connectivity index (χ4v) is 3.13. The molecule has 108 valence electrons. The van der Waals surface area contributed by atoms with Crippen molar-refractivity contribution in [3.8, 4) is 0 Å². The number of rotatable bonds is 4. The number of aromatic nitrogens is 2. The van der Waals surface area contributed by atoms with Crippen molar-refractivity contribution < 1.29 is 0 Å². The Labute approximate surface area is 133 Å². The molecule has 1 unspecified atom stereocenters. The molecule has 2 aromatic rings. The highest BCUT2D eigenvalue weighted by Crippen LogP contribution is 2.27. The largest absolute Gasteiger partial charge is 0.324 e. The molecule has 0 aliphatic rings. The summed E-state index contributed by atoms with van der Waals surface area (Å²) in [6.45, 7) is 6.86. The van der Waals surface area contributed by atoms with Gasteiger partial charge in [0.25, 0.3) is 0 Å². The molecule has 0 spiro atoms. The highest BCUT2D eigenvalue weighted by Gasteiger charge is 2.17. The summed E-state index contributed by atoms with van der Waals surface area (Å²) >= 11 is 9.82. The zero-order valence-corrected chi connectivity index (χ0v) is 14.3. The minimum atomic E-state index is -0.0815. The molecule has 1 aromatic heterocycles. The van der Waals surface area contributed by atoms with Crippen molar-refractivity contribution in [3.63, 3.8) is 0 Å². The summed E-state index contributed by atoms with van der Waals surface area (Å²) in [6, 6.07) is 6.09. The third kappa shape index (κ3) is 3.08. The van der Waals surface area contributed by atoms with E-state index in [4.69, 9.17) is 17.3 Å². The van der Waals surface area contributed by atoms with Gasteiger partial charge in [-0.25, -0.2) is 0 Å². The Morgan fingerprint density at radius 2 is 2.10 bits per heavy atom. The molecule has 1 heterocycles. The van der Waals surface area contributed by atoms with Gasteiger partial charge in [0.1, 0.15) is 0 Å². The molecular weight excluding hydrogens is 338 g/mol. The predicted molar refractivity (Wildman–Crippen MR) is 87.2 cm³/mol.